The zero-order valence-electron chi connectivity index (χ0n) is 7.55. The predicted molar refractivity (Wildman–Crippen MR) is 47.9 cm³/mol. The van der Waals surface area contributed by atoms with Gasteiger partial charge in [0.15, 0.2) is 0 Å². The summed E-state index contributed by atoms with van der Waals surface area (Å²) in [5.41, 5.74) is 0. The Morgan fingerprint density at radius 2 is 1.77 bits per heavy atom. The fourth-order valence-corrected chi connectivity index (χ4v) is 1.74. The number of hydrogen-bond donors (Lipinski definition) is 3. The third-order valence-electron chi connectivity index (χ3n) is 2.06. The molecule has 0 amide bonds. The van der Waals surface area contributed by atoms with E-state index >= 15 is 0 Å². The van der Waals surface area contributed by atoms with E-state index in [-0.39, 0.29) is 18.9 Å². The Hall–Kier alpha value is -0.170. The van der Waals surface area contributed by atoms with E-state index in [1.54, 1.807) is 6.92 Å². The van der Waals surface area contributed by atoms with Crippen LogP contribution >= 0.6 is 0 Å². The zero-order valence-corrected chi connectivity index (χ0v) is 8.37. The Morgan fingerprint density at radius 3 is 2.00 bits per heavy atom. The lowest BCUT2D eigenvalue weighted by Crippen LogP contribution is -2.28. The highest BCUT2D eigenvalue weighted by molar-refractivity contribution is 7.86. The van der Waals surface area contributed by atoms with Gasteiger partial charge in [0, 0.05) is 6.61 Å². The van der Waals surface area contributed by atoms with Gasteiger partial charge in [-0.1, -0.05) is 13.3 Å². The lowest BCUT2D eigenvalue weighted by atomic mass is 10.0. The molecule has 0 aliphatic carbocycles. The molecule has 0 rings (SSSR count). The summed E-state index contributed by atoms with van der Waals surface area (Å²) in [4.78, 5) is 0. The van der Waals surface area contributed by atoms with Crippen molar-refractivity contribution in [3.05, 3.63) is 0 Å². The molecule has 0 fully saturated rings. The number of aliphatic hydroxyl groups is 2. The Morgan fingerprint density at radius 1 is 1.23 bits per heavy atom. The molecule has 2 unspecified atom stereocenters. The highest BCUT2D eigenvalue weighted by Gasteiger charge is 2.24. The van der Waals surface area contributed by atoms with Crippen molar-refractivity contribution in [1.82, 2.24) is 0 Å². The maximum atomic E-state index is 10.6. The van der Waals surface area contributed by atoms with Crippen molar-refractivity contribution >= 4 is 10.1 Å². The molecule has 5 nitrogen and oxygen atoms in total. The average molecular weight is 212 g/mol. The summed E-state index contributed by atoms with van der Waals surface area (Å²) < 4.78 is 29.9. The van der Waals surface area contributed by atoms with Crippen molar-refractivity contribution in [2.75, 3.05) is 13.2 Å². The van der Waals surface area contributed by atoms with Gasteiger partial charge in [-0.25, -0.2) is 0 Å². The molecule has 0 heterocycles. The number of hydrogen-bond acceptors (Lipinski definition) is 4. The normalized spacial score (nSPS) is 16.9. The van der Waals surface area contributed by atoms with Gasteiger partial charge in [-0.2, -0.15) is 8.42 Å². The van der Waals surface area contributed by atoms with Gasteiger partial charge in [-0.3, -0.25) is 4.55 Å². The van der Waals surface area contributed by atoms with Gasteiger partial charge in [0.25, 0.3) is 10.1 Å². The fourth-order valence-electron chi connectivity index (χ4n) is 1.03. The Bertz CT molecular complexity index is 219. The van der Waals surface area contributed by atoms with Crippen LogP contribution in [0.4, 0.5) is 0 Å². The third-order valence-corrected chi connectivity index (χ3v) is 3.24. The lowest BCUT2D eigenvalue weighted by Gasteiger charge is -2.16. The quantitative estimate of drug-likeness (QED) is 0.523. The van der Waals surface area contributed by atoms with Crippen molar-refractivity contribution in [2.24, 2.45) is 5.92 Å². The molecule has 0 saturated heterocycles. The van der Waals surface area contributed by atoms with E-state index in [0.29, 0.717) is 6.42 Å². The zero-order chi connectivity index (χ0) is 10.5. The largest absolute Gasteiger partial charge is 0.396 e. The topological polar surface area (TPSA) is 94.8 Å². The fraction of sp³-hybridized carbons (Fsp3) is 1.00. The van der Waals surface area contributed by atoms with Crippen LogP contribution in [0.15, 0.2) is 0 Å². The van der Waals surface area contributed by atoms with Crippen LogP contribution in [0.3, 0.4) is 0 Å². The van der Waals surface area contributed by atoms with Gasteiger partial charge in [0.2, 0.25) is 0 Å². The molecule has 0 aliphatic rings. The molecule has 0 saturated carbocycles. The van der Waals surface area contributed by atoms with E-state index in [4.69, 9.17) is 14.8 Å². The van der Waals surface area contributed by atoms with Crippen LogP contribution in [0.5, 0.6) is 0 Å². The lowest BCUT2D eigenvalue weighted by molar-refractivity contribution is 0.197. The summed E-state index contributed by atoms with van der Waals surface area (Å²) in [7, 11) is -4.19. The minimum absolute atomic E-state index is 0.0856. The first-order valence-electron chi connectivity index (χ1n) is 4.13. The molecule has 0 spiro atoms. The smallest absolute Gasteiger partial charge is 0.270 e. The Balaban J connectivity index is 4.29. The molecule has 0 aromatic carbocycles. The van der Waals surface area contributed by atoms with Crippen LogP contribution in [-0.4, -0.2) is 41.6 Å². The molecule has 0 aromatic heterocycles. The maximum absolute atomic E-state index is 10.6. The van der Waals surface area contributed by atoms with Gasteiger partial charge in [-0.05, 0) is 12.3 Å². The van der Waals surface area contributed by atoms with E-state index in [2.05, 4.69) is 0 Å². The molecular weight excluding hydrogens is 196 g/mol. The van der Waals surface area contributed by atoms with Gasteiger partial charge >= 0.3 is 0 Å². The second-order valence-corrected chi connectivity index (χ2v) is 4.71. The maximum Gasteiger partial charge on any atom is 0.270 e. The van der Waals surface area contributed by atoms with E-state index in [1.807, 2.05) is 0 Å². The first kappa shape index (κ1) is 12.8. The van der Waals surface area contributed by atoms with Crippen LogP contribution < -0.4 is 0 Å². The molecule has 2 atom stereocenters. The molecule has 3 N–H and O–H groups in total. The average Bonchev–Trinajstić information content (AvgIpc) is 2.04. The molecule has 13 heavy (non-hydrogen) atoms. The minimum Gasteiger partial charge on any atom is -0.396 e. The third kappa shape index (κ3) is 4.56. The van der Waals surface area contributed by atoms with E-state index < -0.39 is 22.0 Å². The minimum atomic E-state index is -4.19. The monoisotopic (exact) mass is 212 g/mol. The number of rotatable bonds is 6. The van der Waals surface area contributed by atoms with Crippen molar-refractivity contribution in [3.63, 3.8) is 0 Å². The molecule has 80 valence electrons. The Kier molecular flexibility index (Phi) is 5.46. The predicted octanol–water partition coefficient (Wildman–Crippen LogP) is -0.356. The molecular formula is C7H16O5S. The van der Waals surface area contributed by atoms with Crippen LogP contribution in [0.25, 0.3) is 0 Å². The van der Waals surface area contributed by atoms with Crippen LogP contribution in [0, 0.1) is 5.92 Å². The van der Waals surface area contributed by atoms with Gasteiger partial charge in [0.1, 0.15) is 5.25 Å². The van der Waals surface area contributed by atoms with Crippen molar-refractivity contribution < 1.29 is 23.2 Å². The van der Waals surface area contributed by atoms with Gasteiger partial charge < -0.3 is 10.2 Å². The molecule has 0 bridgehead atoms. The highest BCUT2D eigenvalue weighted by Crippen LogP contribution is 2.14. The summed E-state index contributed by atoms with van der Waals surface area (Å²) in [5.74, 6) is -0.195. The second-order valence-electron chi connectivity index (χ2n) is 3.01. The number of aliphatic hydroxyl groups excluding tert-OH is 2. The Labute approximate surface area is 78.1 Å². The summed E-state index contributed by atoms with van der Waals surface area (Å²) in [6.45, 7) is 1.05. The van der Waals surface area contributed by atoms with Crippen LogP contribution in [0.2, 0.25) is 0 Å². The summed E-state index contributed by atoms with van der Waals surface area (Å²) in [6, 6.07) is 0. The molecule has 0 aliphatic heterocycles. The van der Waals surface area contributed by atoms with Crippen LogP contribution in [0.1, 0.15) is 19.8 Å². The van der Waals surface area contributed by atoms with Crippen molar-refractivity contribution in [1.29, 1.82) is 0 Å². The van der Waals surface area contributed by atoms with Crippen molar-refractivity contribution in [2.45, 2.75) is 25.0 Å². The first-order valence-corrected chi connectivity index (χ1v) is 5.64. The molecule has 0 radical (unpaired) electrons. The van der Waals surface area contributed by atoms with Gasteiger partial charge in [0.05, 0.1) is 6.61 Å². The second kappa shape index (κ2) is 5.54. The summed E-state index contributed by atoms with van der Waals surface area (Å²) in [5, 5.41) is 16.3. The summed E-state index contributed by atoms with van der Waals surface area (Å²) in [6.07, 6.45) is 0.699. The van der Waals surface area contributed by atoms with E-state index in [0.717, 1.165) is 0 Å². The standard InChI is InChI=1S/C7H16O5S/c1-2-6(4-8)3-7(5-9)13(10,11)12/h6-9H,2-5H2,1H3,(H,10,11,12). The van der Waals surface area contributed by atoms with Gasteiger partial charge in [-0.15, -0.1) is 0 Å². The first-order chi connectivity index (χ1) is 5.95. The summed E-state index contributed by atoms with van der Waals surface area (Å²) >= 11 is 0. The highest BCUT2D eigenvalue weighted by atomic mass is 32.2. The SMILES string of the molecule is CCC(CO)CC(CO)S(=O)(=O)O. The molecule has 0 aromatic rings. The molecule has 6 heteroatoms. The van der Waals surface area contributed by atoms with Crippen LogP contribution in [-0.2, 0) is 10.1 Å². The van der Waals surface area contributed by atoms with E-state index in [9.17, 15) is 8.42 Å². The van der Waals surface area contributed by atoms with E-state index in [1.165, 1.54) is 0 Å². The van der Waals surface area contributed by atoms with Crippen molar-refractivity contribution in [3.8, 4) is 0 Å².